The van der Waals surface area contributed by atoms with Crippen molar-refractivity contribution in [1.29, 1.82) is 0 Å². The van der Waals surface area contributed by atoms with Crippen LogP contribution in [0.1, 0.15) is 10.4 Å². The Morgan fingerprint density at radius 3 is 2.82 bits per heavy atom. The zero-order valence-electron chi connectivity index (χ0n) is 9.34. The number of rotatable bonds is 4. The number of benzene rings is 1. The smallest absolute Gasteiger partial charge is 0.254 e. The Morgan fingerprint density at radius 1 is 1.35 bits per heavy atom. The van der Waals surface area contributed by atoms with Crippen molar-refractivity contribution >= 4 is 5.91 Å². The molecule has 2 rings (SSSR count). The second kappa shape index (κ2) is 5.27. The second-order valence-corrected chi connectivity index (χ2v) is 3.55. The molecule has 2 aromatic rings. The highest BCUT2D eigenvalue weighted by molar-refractivity contribution is 5.93. The molecule has 0 saturated heterocycles. The number of carbonyl (C=O) groups excluding carboxylic acids is 1. The van der Waals surface area contributed by atoms with Gasteiger partial charge in [-0.25, -0.2) is 4.68 Å². The SMILES string of the molecule is NCCNC(=O)c1cnn(-c2ccccc2)c1. The van der Waals surface area contributed by atoms with Crippen LogP contribution < -0.4 is 11.1 Å². The van der Waals surface area contributed by atoms with Crippen LogP contribution in [0, 0.1) is 0 Å². The Balaban J connectivity index is 2.14. The van der Waals surface area contributed by atoms with Crippen LogP contribution in [0.25, 0.3) is 5.69 Å². The molecule has 0 aliphatic carbocycles. The minimum absolute atomic E-state index is 0.155. The van der Waals surface area contributed by atoms with Crippen LogP contribution in [-0.2, 0) is 0 Å². The first-order valence-corrected chi connectivity index (χ1v) is 5.39. The zero-order chi connectivity index (χ0) is 12.1. The van der Waals surface area contributed by atoms with Gasteiger partial charge in [-0.15, -0.1) is 0 Å². The highest BCUT2D eigenvalue weighted by atomic mass is 16.1. The minimum atomic E-state index is -0.155. The first kappa shape index (κ1) is 11.3. The van der Waals surface area contributed by atoms with E-state index in [9.17, 15) is 4.79 Å². The standard InChI is InChI=1S/C12H14N4O/c13-6-7-14-12(17)10-8-15-16(9-10)11-4-2-1-3-5-11/h1-5,8-9H,6-7,13H2,(H,14,17). The number of hydrogen-bond acceptors (Lipinski definition) is 3. The molecule has 1 aromatic heterocycles. The van der Waals surface area contributed by atoms with Crippen LogP contribution in [0.5, 0.6) is 0 Å². The van der Waals surface area contributed by atoms with Crippen molar-refractivity contribution < 1.29 is 4.79 Å². The normalized spacial score (nSPS) is 10.2. The maximum absolute atomic E-state index is 11.6. The van der Waals surface area contributed by atoms with Crippen LogP contribution in [-0.4, -0.2) is 28.8 Å². The van der Waals surface area contributed by atoms with Crippen LogP contribution in [0.4, 0.5) is 0 Å². The number of hydrogen-bond donors (Lipinski definition) is 2. The van der Waals surface area contributed by atoms with Crippen molar-refractivity contribution in [1.82, 2.24) is 15.1 Å². The molecule has 1 amide bonds. The number of aromatic nitrogens is 2. The molecule has 0 aliphatic heterocycles. The molecule has 5 heteroatoms. The van der Waals surface area contributed by atoms with Gasteiger partial charge < -0.3 is 11.1 Å². The minimum Gasteiger partial charge on any atom is -0.351 e. The maximum atomic E-state index is 11.6. The van der Waals surface area contributed by atoms with Crippen molar-refractivity contribution in [2.24, 2.45) is 5.73 Å². The van der Waals surface area contributed by atoms with Gasteiger partial charge in [-0.05, 0) is 12.1 Å². The van der Waals surface area contributed by atoms with Gasteiger partial charge in [0.05, 0.1) is 17.4 Å². The Hall–Kier alpha value is -2.14. The molecule has 5 nitrogen and oxygen atoms in total. The Bertz CT molecular complexity index is 492. The maximum Gasteiger partial charge on any atom is 0.254 e. The van der Waals surface area contributed by atoms with Gasteiger partial charge in [0, 0.05) is 19.3 Å². The molecule has 0 aliphatic rings. The molecular weight excluding hydrogens is 216 g/mol. The third-order valence-electron chi connectivity index (χ3n) is 2.30. The summed E-state index contributed by atoms with van der Waals surface area (Å²) in [6.45, 7) is 0.897. The molecule has 1 aromatic carbocycles. The third kappa shape index (κ3) is 2.70. The predicted octanol–water partition coefficient (Wildman–Crippen LogP) is 0.561. The van der Waals surface area contributed by atoms with E-state index in [2.05, 4.69) is 10.4 Å². The summed E-state index contributed by atoms with van der Waals surface area (Å²) in [5, 5.41) is 6.84. The van der Waals surface area contributed by atoms with Gasteiger partial charge in [0.15, 0.2) is 0 Å². The van der Waals surface area contributed by atoms with E-state index in [0.717, 1.165) is 5.69 Å². The lowest BCUT2D eigenvalue weighted by atomic mass is 10.3. The molecule has 0 saturated carbocycles. The summed E-state index contributed by atoms with van der Waals surface area (Å²) >= 11 is 0. The van der Waals surface area contributed by atoms with Gasteiger partial charge in [0.2, 0.25) is 0 Å². The van der Waals surface area contributed by atoms with Gasteiger partial charge in [0.1, 0.15) is 0 Å². The number of para-hydroxylation sites is 1. The van der Waals surface area contributed by atoms with E-state index in [-0.39, 0.29) is 5.91 Å². The van der Waals surface area contributed by atoms with Gasteiger partial charge >= 0.3 is 0 Å². The van der Waals surface area contributed by atoms with Gasteiger partial charge in [-0.1, -0.05) is 18.2 Å². The van der Waals surface area contributed by atoms with E-state index >= 15 is 0 Å². The quantitative estimate of drug-likeness (QED) is 0.806. The lowest BCUT2D eigenvalue weighted by molar-refractivity contribution is 0.0955. The predicted molar refractivity (Wildman–Crippen MR) is 65.0 cm³/mol. The van der Waals surface area contributed by atoms with Crippen molar-refractivity contribution in [2.45, 2.75) is 0 Å². The number of carbonyl (C=O) groups is 1. The van der Waals surface area contributed by atoms with Crippen molar-refractivity contribution in [3.05, 3.63) is 48.3 Å². The Morgan fingerprint density at radius 2 is 2.12 bits per heavy atom. The monoisotopic (exact) mass is 230 g/mol. The van der Waals surface area contributed by atoms with Crippen molar-refractivity contribution in [2.75, 3.05) is 13.1 Å². The van der Waals surface area contributed by atoms with E-state index in [1.165, 1.54) is 0 Å². The van der Waals surface area contributed by atoms with Crippen LogP contribution in [0.3, 0.4) is 0 Å². The summed E-state index contributed by atoms with van der Waals surface area (Å²) in [7, 11) is 0. The molecule has 0 spiro atoms. The summed E-state index contributed by atoms with van der Waals surface area (Å²) in [4.78, 5) is 11.6. The molecule has 0 unspecified atom stereocenters. The summed E-state index contributed by atoms with van der Waals surface area (Å²) < 4.78 is 1.66. The van der Waals surface area contributed by atoms with Crippen molar-refractivity contribution in [3.8, 4) is 5.69 Å². The summed E-state index contributed by atoms with van der Waals surface area (Å²) in [5.41, 5.74) is 6.77. The third-order valence-corrected chi connectivity index (χ3v) is 2.30. The Kier molecular flexibility index (Phi) is 3.52. The molecular formula is C12H14N4O. The van der Waals surface area contributed by atoms with E-state index in [1.807, 2.05) is 30.3 Å². The highest BCUT2D eigenvalue weighted by Gasteiger charge is 2.07. The summed E-state index contributed by atoms with van der Waals surface area (Å²) in [6.07, 6.45) is 3.24. The largest absolute Gasteiger partial charge is 0.351 e. The first-order valence-electron chi connectivity index (χ1n) is 5.39. The number of nitrogens with one attached hydrogen (secondary N) is 1. The first-order chi connectivity index (χ1) is 8.31. The van der Waals surface area contributed by atoms with Crippen LogP contribution >= 0.6 is 0 Å². The molecule has 88 valence electrons. The number of nitrogens with two attached hydrogens (primary N) is 1. The van der Waals surface area contributed by atoms with Crippen LogP contribution in [0.15, 0.2) is 42.7 Å². The van der Waals surface area contributed by atoms with E-state index < -0.39 is 0 Å². The lowest BCUT2D eigenvalue weighted by Gasteiger charge is -2.00. The molecule has 3 N–H and O–H groups in total. The molecule has 17 heavy (non-hydrogen) atoms. The number of nitrogens with zero attached hydrogens (tertiary/aromatic N) is 2. The molecule has 0 radical (unpaired) electrons. The fourth-order valence-electron chi connectivity index (χ4n) is 1.45. The molecule has 1 heterocycles. The molecule has 0 atom stereocenters. The van der Waals surface area contributed by atoms with E-state index in [1.54, 1.807) is 17.1 Å². The van der Waals surface area contributed by atoms with E-state index in [4.69, 9.17) is 5.73 Å². The fourth-order valence-corrected chi connectivity index (χ4v) is 1.45. The Labute approximate surface area is 99.2 Å². The molecule has 0 bridgehead atoms. The second-order valence-electron chi connectivity index (χ2n) is 3.55. The van der Waals surface area contributed by atoms with Gasteiger partial charge in [-0.3, -0.25) is 4.79 Å². The number of amides is 1. The van der Waals surface area contributed by atoms with Gasteiger partial charge in [0.25, 0.3) is 5.91 Å². The van der Waals surface area contributed by atoms with Gasteiger partial charge in [-0.2, -0.15) is 5.10 Å². The summed E-state index contributed by atoms with van der Waals surface area (Å²) in [5.74, 6) is -0.155. The molecule has 0 fully saturated rings. The van der Waals surface area contributed by atoms with Crippen LogP contribution in [0.2, 0.25) is 0 Å². The summed E-state index contributed by atoms with van der Waals surface area (Å²) in [6, 6.07) is 9.63. The fraction of sp³-hybridized carbons (Fsp3) is 0.167. The van der Waals surface area contributed by atoms with E-state index in [0.29, 0.717) is 18.7 Å². The topological polar surface area (TPSA) is 72.9 Å². The zero-order valence-corrected chi connectivity index (χ0v) is 9.34. The average Bonchev–Trinajstić information content (AvgIpc) is 2.86. The highest BCUT2D eigenvalue weighted by Crippen LogP contribution is 2.07. The lowest BCUT2D eigenvalue weighted by Crippen LogP contribution is -2.28. The average molecular weight is 230 g/mol. The van der Waals surface area contributed by atoms with Crippen molar-refractivity contribution in [3.63, 3.8) is 0 Å².